The standard InChI is InChI=1S/C13H16BrN3/c1-17-12(7-9-16-17)6-8-15-10-11-4-2-3-5-13(11)14/h2-5,7,9,15H,6,8,10H2,1H3. The van der Waals surface area contributed by atoms with Gasteiger partial charge in [-0.15, -0.1) is 0 Å². The van der Waals surface area contributed by atoms with Gasteiger partial charge < -0.3 is 5.32 Å². The second-order valence-corrected chi connectivity index (χ2v) is 4.82. The zero-order valence-electron chi connectivity index (χ0n) is 9.86. The summed E-state index contributed by atoms with van der Waals surface area (Å²) in [5.74, 6) is 0. The minimum Gasteiger partial charge on any atom is -0.312 e. The summed E-state index contributed by atoms with van der Waals surface area (Å²) in [6.45, 7) is 1.85. The van der Waals surface area contributed by atoms with E-state index in [-0.39, 0.29) is 0 Å². The first kappa shape index (κ1) is 12.3. The highest BCUT2D eigenvalue weighted by atomic mass is 79.9. The molecule has 0 fully saturated rings. The Morgan fingerprint density at radius 2 is 2.12 bits per heavy atom. The first-order chi connectivity index (χ1) is 8.27. The van der Waals surface area contributed by atoms with Gasteiger partial charge in [0.1, 0.15) is 0 Å². The van der Waals surface area contributed by atoms with Crippen LogP contribution in [0, 0.1) is 0 Å². The molecular formula is C13H16BrN3. The fourth-order valence-corrected chi connectivity index (χ4v) is 2.15. The van der Waals surface area contributed by atoms with Gasteiger partial charge in [-0.2, -0.15) is 5.10 Å². The first-order valence-electron chi connectivity index (χ1n) is 5.68. The monoisotopic (exact) mass is 293 g/mol. The molecule has 4 heteroatoms. The molecule has 0 spiro atoms. The molecule has 1 aromatic carbocycles. The van der Waals surface area contributed by atoms with Gasteiger partial charge in [-0.3, -0.25) is 4.68 Å². The van der Waals surface area contributed by atoms with Gasteiger partial charge in [0.05, 0.1) is 0 Å². The van der Waals surface area contributed by atoms with Crippen molar-refractivity contribution in [3.63, 3.8) is 0 Å². The molecule has 90 valence electrons. The van der Waals surface area contributed by atoms with E-state index < -0.39 is 0 Å². The molecule has 0 amide bonds. The van der Waals surface area contributed by atoms with Crippen LogP contribution in [0.3, 0.4) is 0 Å². The molecule has 0 saturated heterocycles. The second kappa shape index (κ2) is 5.98. The SMILES string of the molecule is Cn1nccc1CCNCc1ccccc1Br. The third kappa shape index (κ3) is 3.41. The van der Waals surface area contributed by atoms with Gasteiger partial charge in [-0.25, -0.2) is 0 Å². The zero-order valence-corrected chi connectivity index (χ0v) is 11.4. The molecule has 17 heavy (non-hydrogen) atoms. The fourth-order valence-electron chi connectivity index (χ4n) is 1.73. The van der Waals surface area contributed by atoms with E-state index in [1.165, 1.54) is 11.3 Å². The Labute approximate surface area is 110 Å². The highest BCUT2D eigenvalue weighted by Crippen LogP contribution is 2.15. The molecule has 1 heterocycles. The Morgan fingerprint density at radius 3 is 2.82 bits per heavy atom. The van der Waals surface area contributed by atoms with E-state index in [0.717, 1.165) is 24.0 Å². The van der Waals surface area contributed by atoms with E-state index in [1.807, 2.05) is 24.0 Å². The van der Waals surface area contributed by atoms with E-state index in [9.17, 15) is 0 Å². The molecule has 1 aromatic heterocycles. The maximum Gasteiger partial charge on any atom is 0.0492 e. The van der Waals surface area contributed by atoms with Gasteiger partial charge in [0.15, 0.2) is 0 Å². The van der Waals surface area contributed by atoms with Crippen molar-refractivity contribution in [2.45, 2.75) is 13.0 Å². The molecule has 0 bridgehead atoms. The van der Waals surface area contributed by atoms with Gasteiger partial charge in [0.2, 0.25) is 0 Å². The Balaban J connectivity index is 1.77. The number of nitrogens with one attached hydrogen (secondary N) is 1. The van der Waals surface area contributed by atoms with Crippen LogP contribution in [0.5, 0.6) is 0 Å². The van der Waals surface area contributed by atoms with Gasteiger partial charge in [0, 0.05) is 42.9 Å². The quantitative estimate of drug-likeness (QED) is 0.859. The number of rotatable bonds is 5. The Bertz CT molecular complexity index is 479. The van der Waals surface area contributed by atoms with Crippen molar-refractivity contribution in [3.05, 3.63) is 52.3 Å². The van der Waals surface area contributed by atoms with Crippen LogP contribution >= 0.6 is 15.9 Å². The van der Waals surface area contributed by atoms with Crippen LogP contribution < -0.4 is 5.32 Å². The predicted molar refractivity (Wildman–Crippen MR) is 72.8 cm³/mol. The maximum atomic E-state index is 4.15. The highest BCUT2D eigenvalue weighted by Gasteiger charge is 1.99. The molecule has 0 atom stereocenters. The molecule has 3 nitrogen and oxygen atoms in total. The van der Waals surface area contributed by atoms with E-state index in [1.54, 1.807) is 0 Å². The van der Waals surface area contributed by atoms with Crippen molar-refractivity contribution in [2.75, 3.05) is 6.54 Å². The van der Waals surface area contributed by atoms with Crippen LogP contribution in [-0.4, -0.2) is 16.3 Å². The van der Waals surface area contributed by atoms with Crippen LogP contribution in [-0.2, 0) is 20.0 Å². The summed E-state index contributed by atoms with van der Waals surface area (Å²) in [5.41, 5.74) is 2.54. The summed E-state index contributed by atoms with van der Waals surface area (Å²) in [6, 6.07) is 10.3. The molecule has 0 saturated carbocycles. The summed E-state index contributed by atoms with van der Waals surface area (Å²) in [4.78, 5) is 0. The number of halogens is 1. The van der Waals surface area contributed by atoms with Gasteiger partial charge in [0.25, 0.3) is 0 Å². The average Bonchev–Trinajstić information content (AvgIpc) is 2.73. The molecular weight excluding hydrogens is 278 g/mol. The van der Waals surface area contributed by atoms with E-state index in [2.05, 4.69) is 50.6 Å². The number of aryl methyl sites for hydroxylation is 1. The molecule has 0 aliphatic heterocycles. The van der Waals surface area contributed by atoms with Crippen LogP contribution in [0.15, 0.2) is 41.0 Å². The van der Waals surface area contributed by atoms with Crippen LogP contribution in [0.25, 0.3) is 0 Å². The summed E-state index contributed by atoms with van der Waals surface area (Å²) >= 11 is 3.54. The topological polar surface area (TPSA) is 29.9 Å². The van der Waals surface area contributed by atoms with Gasteiger partial charge in [-0.05, 0) is 17.7 Å². The van der Waals surface area contributed by atoms with Crippen LogP contribution in [0.2, 0.25) is 0 Å². The summed E-state index contributed by atoms with van der Waals surface area (Å²) in [6.07, 6.45) is 2.84. The van der Waals surface area contributed by atoms with E-state index >= 15 is 0 Å². The normalized spacial score (nSPS) is 10.7. The maximum absolute atomic E-state index is 4.15. The van der Waals surface area contributed by atoms with Crippen LogP contribution in [0.1, 0.15) is 11.3 Å². The van der Waals surface area contributed by atoms with E-state index in [0.29, 0.717) is 0 Å². The third-order valence-corrected chi connectivity index (χ3v) is 3.53. The molecule has 2 rings (SSSR count). The van der Waals surface area contributed by atoms with Crippen LogP contribution in [0.4, 0.5) is 0 Å². The summed E-state index contributed by atoms with van der Waals surface area (Å²) < 4.78 is 3.08. The lowest BCUT2D eigenvalue weighted by molar-refractivity contribution is 0.642. The molecule has 2 aromatic rings. The highest BCUT2D eigenvalue weighted by molar-refractivity contribution is 9.10. The van der Waals surface area contributed by atoms with Crippen molar-refractivity contribution < 1.29 is 0 Å². The summed E-state index contributed by atoms with van der Waals surface area (Å²) in [7, 11) is 1.98. The smallest absolute Gasteiger partial charge is 0.0492 e. The summed E-state index contributed by atoms with van der Waals surface area (Å²) in [5, 5.41) is 7.59. The molecule has 1 N–H and O–H groups in total. The van der Waals surface area contributed by atoms with Crippen molar-refractivity contribution in [1.29, 1.82) is 0 Å². The number of hydrogen-bond acceptors (Lipinski definition) is 2. The first-order valence-corrected chi connectivity index (χ1v) is 6.47. The van der Waals surface area contributed by atoms with E-state index in [4.69, 9.17) is 0 Å². The van der Waals surface area contributed by atoms with Crippen molar-refractivity contribution in [1.82, 2.24) is 15.1 Å². The van der Waals surface area contributed by atoms with Crippen molar-refractivity contribution in [3.8, 4) is 0 Å². The number of aromatic nitrogens is 2. The molecule has 0 unspecified atom stereocenters. The lowest BCUT2D eigenvalue weighted by Gasteiger charge is -2.07. The molecule has 0 radical (unpaired) electrons. The van der Waals surface area contributed by atoms with Crippen molar-refractivity contribution in [2.24, 2.45) is 7.05 Å². The lowest BCUT2D eigenvalue weighted by Crippen LogP contribution is -2.18. The third-order valence-electron chi connectivity index (χ3n) is 2.75. The largest absolute Gasteiger partial charge is 0.312 e. The fraction of sp³-hybridized carbons (Fsp3) is 0.308. The lowest BCUT2D eigenvalue weighted by atomic mass is 10.2. The number of nitrogens with zero attached hydrogens (tertiary/aromatic N) is 2. The van der Waals surface area contributed by atoms with Crippen molar-refractivity contribution >= 4 is 15.9 Å². The molecule has 0 aliphatic rings. The predicted octanol–water partition coefficient (Wildman–Crippen LogP) is 2.51. The Hall–Kier alpha value is -1.13. The minimum atomic E-state index is 0.888. The number of hydrogen-bond donors (Lipinski definition) is 1. The average molecular weight is 294 g/mol. The zero-order chi connectivity index (χ0) is 12.1. The van der Waals surface area contributed by atoms with Gasteiger partial charge in [-0.1, -0.05) is 34.1 Å². The molecule has 0 aliphatic carbocycles. The second-order valence-electron chi connectivity index (χ2n) is 3.96. The van der Waals surface area contributed by atoms with Gasteiger partial charge >= 0.3 is 0 Å². The number of benzene rings is 1. The Kier molecular flexibility index (Phi) is 4.34. The minimum absolute atomic E-state index is 0.888. The Morgan fingerprint density at radius 1 is 1.29 bits per heavy atom.